The van der Waals surface area contributed by atoms with Crippen LogP contribution in [0.25, 0.3) is 11.2 Å². The van der Waals surface area contributed by atoms with Crippen molar-refractivity contribution in [2.75, 3.05) is 5.73 Å². The van der Waals surface area contributed by atoms with Gasteiger partial charge in [0.05, 0.1) is 5.69 Å². The Morgan fingerprint density at radius 2 is 2.18 bits per heavy atom. The fourth-order valence-corrected chi connectivity index (χ4v) is 2.13. The second kappa shape index (κ2) is 5.51. The highest BCUT2D eigenvalue weighted by Gasteiger charge is 2.15. The first kappa shape index (κ1) is 14.1. The van der Waals surface area contributed by atoms with Crippen molar-refractivity contribution in [3.05, 3.63) is 35.2 Å². The third kappa shape index (κ3) is 2.65. The van der Waals surface area contributed by atoms with Gasteiger partial charge >= 0.3 is 6.61 Å². The molecule has 0 aliphatic heterocycles. The summed E-state index contributed by atoms with van der Waals surface area (Å²) in [6.45, 7) is -1.15. The first-order chi connectivity index (χ1) is 10.5. The third-order valence-corrected chi connectivity index (χ3v) is 3.15. The van der Waals surface area contributed by atoms with Gasteiger partial charge in [0.25, 0.3) is 0 Å². The molecule has 0 radical (unpaired) electrons. The molecule has 7 nitrogen and oxygen atoms in total. The van der Waals surface area contributed by atoms with Gasteiger partial charge in [0.2, 0.25) is 11.5 Å². The second-order valence-corrected chi connectivity index (χ2v) is 4.58. The van der Waals surface area contributed by atoms with Crippen LogP contribution in [-0.2, 0) is 6.42 Å². The lowest BCUT2D eigenvalue weighted by atomic mass is 10.0. The van der Waals surface area contributed by atoms with Crippen molar-refractivity contribution in [3.8, 4) is 5.88 Å². The van der Waals surface area contributed by atoms with Gasteiger partial charge in [0.1, 0.15) is 0 Å². The first-order valence-electron chi connectivity index (χ1n) is 6.31. The highest BCUT2D eigenvalue weighted by Crippen LogP contribution is 2.26. The zero-order valence-electron chi connectivity index (χ0n) is 11.5. The van der Waals surface area contributed by atoms with Crippen LogP contribution in [0.15, 0.2) is 23.0 Å². The standard InChI is InChI=1S/C13H11F2N5O2/c1-6-8(10(16)11-12(18-6)20-22-19-11)4-7-2-3-17-9(5-7)21-13(14)15/h2-3,5,13H,4,16H2,1H3. The van der Waals surface area contributed by atoms with Crippen LogP contribution in [0.3, 0.4) is 0 Å². The molecule has 0 saturated heterocycles. The molecule has 9 heteroatoms. The number of alkyl halides is 2. The highest BCUT2D eigenvalue weighted by molar-refractivity contribution is 5.85. The quantitative estimate of drug-likeness (QED) is 0.787. The molecule has 0 bridgehead atoms. The SMILES string of the molecule is Cc1nc2nonc2c(N)c1Cc1ccnc(OC(F)F)c1. The molecule has 0 amide bonds. The maximum atomic E-state index is 12.2. The van der Waals surface area contributed by atoms with Gasteiger partial charge in [-0.25, -0.2) is 14.6 Å². The number of nitrogens with zero attached hydrogens (tertiary/aromatic N) is 4. The number of fused-ring (bicyclic) bond motifs is 1. The minimum atomic E-state index is -2.92. The maximum absolute atomic E-state index is 12.2. The molecular formula is C13H11F2N5O2. The lowest BCUT2D eigenvalue weighted by Gasteiger charge is -2.10. The number of halogens is 2. The van der Waals surface area contributed by atoms with E-state index >= 15 is 0 Å². The summed E-state index contributed by atoms with van der Waals surface area (Å²) in [5.74, 6) is -0.152. The van der Waals surface area contributed by atoms with Gasteiger partial charge in [-0.1, -0.05) is 0 Å². The van der Waals surface area contributed by atoms with Crippen molar-refractivity contribution in [2.45, 2.75) is 20.0 Å². The average Bonchev–Trinajstić information content (AvgIpc) is 2.91. The fourth-order valence-electron chi connectivity index (χ4n) is 2.13. The molecule has 3 aromatic rings. The van der Waals surface area contributed by atoms with Gasteiger partial charge in [-0.15, -0.1) is 0 Å². The van der Waals surface area contributed by atoms with Crippen LogP contribution < -0.4 is 10.5 Å². The van der Waals surface area contributed by atoms with E-state index in [1.165, 1.54) is 12.3 Å². The molecule has 0 atom stereocenters. The van der Waals surface area contributed by atoms with E-state index in [-0.39, 0.29) is 5.88 Å². The molecule has 0 aliphatic carbocycles. The number of pyridine rings is 2. The molecule has 0 aliphatic rings. The van der Waals surface area contributed by atoms with Crippen LogP contribution in [0.1, 0.15) is 16.8 Å². The number of aryl methyl sites for hydroxylation is 1. The van der Waals surface area contributed by atoms with Crippen molar-refractivity contribution in [1.82, 2.24) is 20.3 Å². The van der Waals surface area contributed by atoms with Crippen LogP contribution in [0.4, 0.5) is 14.5 Å². The van der Waals surface area contributed by atoms with Crippen molar-refractivity contribution < 1.29 is 18.1 Å². The van der Waals surface area contributed by atoms with E-state index in [4.69, 9.17) is 5.73 Å². The summed E-state index contributed by atoms with van der Waals surface area (Å²) in [6.07, 6.45) is 1.76. The minimum absolute atomic E-state index is 0.152. The average molecular weight is 307 g/mol. The van der Waals surface area contributed by atoms with E-state index < -0.39 is 6.61 Å². The molecule has 3 aromatic heterocycles. The third-order valence-electron chi connectivity index (χ3n) is 3.15. The maximum Gasteiger partial charge on any atom is 0.388 e. The largest absolute Gasteiger partial charge is 0.417 e. The topological polar surface area (TPSA) is 100.0 Å². The van der Waals surface area contributed by atoms with Crippen molar-refractivity contribution in [2.24, 2.45) is 0 Å². The minimum Gasteiger partial charge on any atom is -0.417 e. The van der Waals surface area contributed by atoms with Crippen LogP contribution >= 0.6 is 0 Å². The summed E-state index contributed by atoms with van der Waals surface area (Å²) >= 11 is 0. The Bertz CT molecular complexity index is 821. The van der Waals surface area contributed by atoms with Gasteiger partial charge in [0, 0.05) is 29.9 Å². The summed E-state index contributed by atoms with van der Waals surface area (Å²) in [4.78, 5) is 7.97. The number of anilines is 1. The Labute approximate surface area is 123 Å². The normalized spacial score (nSPS) is 11.3. The van der Waals surface area contributed by atoms with E-state index in [2.05, 4.69) is 29.6 Å². The van der Waals surface area contributed by atoms with E-state index in [1.54, 1.807) is 13.0 Å². The van der Waals surface area contributed by atoms with E-state index in [1.807, 2.05) is 0 Å². The van der Waals surface area contributed by atoms with Crippen molar-refractivity contribution in [3.63, 3.8) is 0 Å². The Morgan fingerprint density at radius 3 is 2.95 bits per heavy atom. The molecule has 2 N–H and O–H groups in total. The monoisotopic (exact) mass is 307 g/mol. The predicted molar refractivity (Wildman–Crippen MR) is 72.4 cm³/mol. The molecule has 0 unspecified atom stereocenters. The fraction of sp³-hybridized carbons (Fsp3) is 0.231. The van der Waals surface area contributed by atoms with E-state index in [9.17, 15) is 8.78 Å². The summed E-state index contributed by atoms with van der Waals surface area (Å²) in [5, 5.41) is 7.35. The van der Waals surface area contributed by atoms with Crippen molar-refractivity contribution in [1.29, 1.82) is 0 Å². The molecule has 0 aromatic carbocycles. The number of rotatable bonds is 4. The van der Waals surface area contributed by atoms with Gasteiger partial charge in [-0.05, 0) is 28.9 Å². The Hall–Kier alpha value is -2.84. The van der Waals surface area contributed by atoms with Gasteiger partial charge in [0.15, 0.2) is 5.52 Å². The van der Waals surface area contributed by atoms with E-state index in [0.29, 0.717) is 34.5 Å². The van der Waals surface area contributed by atoms with Crippen LogP contribution in [0.2, 0.25) is 0 Å². The number of ether oxygens (including phenoxy) is 1. The molecule has 3 rings (SSSR count). The Kier molecular flexibility index (Phi) is 3.53. The summed E-state index contributed by atoms with van der Waals surface area (Å²) < 4.78 is 33.4. The summed E-state index contributed by atoms with van der Waals surface area (Å²) in [7, 11) is 0. The number of aromatic nitrogens is 4. The second-order valence-electron chi connectivity index (χ2n) is 4.58. The number of nitrogens with two attached hydrogens (primary N) is 1. The van der Waals surface area contributed by atoms with Crippen LogP contribution in [-0.4, -0.2) is 26.9 Å². The van der Waals surface area contributed by atoms with Gasteiger partial charge in [-0.2, -0.15) is 8.78 Å². The van der Waals surface area contributed by atoms with Gasteiger partial charge < -0.3 is 10.5 Å². The lowest BCUT2D eigenvalue weighted by Crippen LogP contribution is -2.05. The molecule has 0 saturated carbocycles. The Morgan fingerprint density at radius 1 is 1.36 bits per heavy atom. The number of hydrogen-bond acceptors (Lipinski definition) is 7. The van der Waals surface area contributed by atoms with E-state index in [0.717, 1.165) is 5.56 Å². The number of hydrogen-bond donors (Lipinski definition) is 1. The molecule has 22 heavy (non-hydrogen) atoms. The Balaban J connectivity index is 1.96. The summed E-state index contributed by atoms with van der Waals surface area (Å²) in [5.41, 5.74) is 9.25. The number of nitrogen functional groups attached to an aromatic ring is 1. The molecule has 114 valence electrons. The van der Waals surface area contributed by atoms with Crippen molar-refractivity contribution >= 4 is 16.9 Å². The molecule has 0 fully saturated rings. The lowest BCUT2D eigenvalue weighted by molar-refractivity contribution is -0.0528. The smallest absolute Gasteiger partial charge is 0.388 e. The zero-order chi connectivity index (χ0) is 15.7. The zero-order valence-corrected chi connectivity index (χ0v) is 11.5. The highest BCUT2D eigenvalue weighted by atomic mass is 19.3. The predicted octanol–water partition coefficient (Wildman–Crippen LogP) is 2.10. The van der Waals surface area contributed by atoms with Crippen LogP contribution in [0, 0.1) is 6.92 Å². The molecule has 0 spiro atoms. The molecule has 3 heterocycles. The summed E-state index contributed by atoms with van der Waals surface area (Å²) in [6, 6.07) is 3.11. The van der Waals surface area contributed by atoms with Crippen LogP contribution in [0.5, 0.6) is 5.88 Å². The molecular weight excluding hydrogens is 296 g/mol. The van der Waals surface area contributed by atoms with Gasteiger partial charge in [-0.3, -0.25) is 0 Å². The first-order valence-corrected chi connectivity index (χ1v) is 6.31.